The fraction of sp³-hybridized carbons (Fsp3) is 0.500. The lowest BCUT2D eigenvalue weighted by Crippen LogP contribution is -2.47. The predicted octanol–water partition coefficient (Wildman–Crippen LogP) is 3.30. The summed E-state index contributed by atoms with van der Waals surface area (Å²) in [5.74, 6) is 1.73. The molecular formula is C22H29N5O2. The molecule has 1 aromatic heterocycles. The number of aryl methyl sites for hydroxylation is 2. The number of ether oxygens (including phenoxy) is 1. The van der Waals surface area contributed by atoms with E-state index in [0.29, 0.717) is 13.1 Å². The molecule has 1 aromatic carbocycles. The molecule has 0 aliphatic carbocycles. The SMILES string of the molecule is Cc1ccc(NC(=O)N2CCc3nc(C)nc(N4C[C@@H](C)O[C@@H](C)C4)c3C2)cc1. The van der Waals surface area contributed by atoms with Crippen LogP contribution in [0.2, 0.25) is 0 Å². The van der Waals surface area contributed by atoms with Gasteiger partial charge in [-0.3, -0.25) is 0 Å². The average Bonchev–Trinajstić information content (AvgIpc) is 2.68. The molecular weight excluding hydrogens is 366 g/mol. The van der Waals surface area contributed by atoms with Crippen molar-refractivity contribution < 1.29 is 9.53 Å². The summed E-state index contributed by atoms with van der Waals surface area (Å²) in [4.78, 5) is 26.4. The zero-order chi connectivity index (χ0) is 20.5. The Balaban J connectivity index is 1.56. The third-order valence-electron chi connectivity index (χ3n) is 5.46. The Morgan fingerprint density at radius 3 is 2.48 bits per heavy atom. The van der Waals surface area contributed by atoms with Crippen molar-refractivity contribution in [2.75, 3.05) is 29.9 Å². The number of hydrogen-bond acceptors (Lipinski definition) is 5. The van der Waals surface area contributed by atoms with E-state index in [2.05, 4.69) is 29.0 Å². The van der Waals surface area contributed by atoms with Crippen molar-refractivity contribution >= 4 is 17.5 Å². The summed E-state index contributed by atoms with van der Waals surface area (Å²) in [7, 11) is 0. The Hall–Kier alpha value is -2.67. The molecule has 1 fully saturated rings. The van der Waals surface area contributed by atoms with Crippen LogP contribution >= 0.6 is 0 Å². The van der Waals surface area contributed by atoms with Crippen LogP contribution in [0.25, 0.3) is 0 Å². The molecule has 0 spiro atoms. The third-order valence-corrected chi connectivity index (χ3v) is 5.46. The molecule has 0 bridgehead atoms. The van der Waals surface area contributed by atoms with Gasteiger partial charge in [0.25, 0.3) is 0 Å². The molecule has 2 atom stereocenters. The number of hydrogen-bond donors (Lipinski definition) is 1. The van der Waals surface area contributed by atoms with Gasteiger partial charge in [-0.05, 0) is 39.8 Å². The molecule has 3 heterocycles. The Morgan fingerprint density at radius 2 is 1.79 bits per heavy atom. The molecule has 2 aliphatic heterocycles. The largest absolute Gasteiger partial charge is 0.372 e. The summed E-state index contributed by atoms with van der Waals surface area (Å²) >= 11 is 0. The van der Waals surface area contributed by atoms with Crippen molar-refractivity contribution in [3.8, 4) is 0 Å². The summed E-state index contributed by atoms with van der Waals surface area (Å²) < 4.78 is 5.89. The van der Waals surface area contributed by atoms with E-state index in [9.17, 15) is 4.79 Å². The van der Waals surface area contributed by atoms with Crippen LogP contribution in [0.3, 0.4) is 0 Å². The second-order valence-corrected chi connectivity index (χ2v) is 8.15. The van der Waals surface area contributed by atoms with Gasteiger partial charge in [0.05, 0.1) is 24.4 Å². The first-order chi connectivity index (χ1) is 13.9. The zero-order valence-corrected chi connectivity index (χ0v) is 17.6. The van der Waals surface area contributed by atoms with Crippen molar-refractivity contribution in [2.45, 2.75) is 52.9 Å². The van der Waals surface area contributed by atoms with Crippen molar-refractivity contribution in [1.82, 2.24) is 14.9 Å². The lowest BCUT2D eigenvalue weighted by molar-refractivity contribution is -0.00557. The van der Waals surface area contributed by atoms with Crippen LogP contribution < -0.4 is 10.2 Å². The molecule has 0 unspecified atom stereocenters. The molecule has 154 valence electrons. The summed E-state index contributed by atoms with van der Waals surface area (Å²) in [5, 5.41) is 3.01. The van der Waals surface area contributed by atoms with Gasteiger partial charge in [-0.1, -0.05) is 17.7 Å². The Kier molecular flexibility index (Phi) is 5.41. The fourth-order valence-electron chi connectivity index (χ4n) is 4.14. The van der Waals surface area contributed by atoms with Gasteiger partial charge in [0.2, 0.25) is 0 Å². The number of rotatable bonds is 2. The molecule has 0 radical (unpaired) electrons. The maximum Gasteiger partial charge on any atom is 0.322 e. The van der Waals surface area contributed by atoms with Crippen LogP contribution in [-0.2, 0) is 17.7 Å². The van der Waals surface area contributed by atoms with E-state index in [1.54, 1.807) is 0 Å². The van der Waals surface area contributed by atoms with Gasteiger partial charge in [0.15, 0.2) is 0 Å². The lowest BCUT2D eigenvalue weighted by atomic mass is 10.0. The highest BCUT2D eigenvalue weighted by Crippen LogP contribution is 2.29. The van der Waals surface area contributed by atoms with Crippen LogP contribution in [-0.4, -0.2) is 52.7 Å². The van der Waals surface area contributed by atoms with Gasteiger partial charge >= 0.3 is 6.03 Å². The van der Waals surface area contributed by atoms with Crippen molar-refractivity contribution in [1.29, 1.82) is 0 Å². The highest BCUT2D eigenvalue weighted by atomic mass is 16.5. The topological polar surface area (TPSA) is 70.6 Å². The number of anilines is 2. The molecule has 2 amide bonds. The molecule has 2 aliphatic rings. The fourth-order valence-corrected chi connectivity index (χ4v) is 4.14. The molecule has 2 aromatic rings. The number of carbonyl (C=O) groups excluding carboxylic acids is 1. The number of benzene rings is 1. The van der Waals surface area contributed by atoms with Crippen molar-refractivity contribution in [3.05, 3.63) is 46.9 Å². The predicted molar refractivity (Wildman–Crippen MR) is 113 cm³/mol. The first-order valence-electron chi connectivity index (χ1n) is 10.3. The van der Waals surface area contributed by atoms with Crippen molar-refractivity contribution in [2.24, 2.45) is 0 Å². The van der Waals surface area contributed by atoms with Crippen LogP contribution in [0, 0.1) is 13.8 Å². The smallest absolute Gasteiger partial charge is 0.322 e. The van der Waals surface area contributed by atoms with Crippen LogP contribution in [0.5, 0.6) is 0 Å². The first-order valence-corrected chi connectivity index (χ1v) is 10.3. The highest BCUT2D eigenvalue weighted by molar-refractivity contribution is 5.89. The molecule has 7 heteroatoms. The van der Waals surface area contributed by atoms with Gasteiger partial charge < -0.3 is 19.9 Å². The summed E-state index contributed by atoms with van der Waals surface area (Å²) in [6.45, 7) is 10.9. The number of nitrogens with one attached hydrogen (secondary N) is 1. The molecule has 4 rings (SSSR count). The average molecular weight is 396 g/mol. The number of aromatic nitrogens is 2. The second kappa shape index (κ2) is 7.99. The molecule has 29 heavy (non-hydrogen) atoms. The molecule has 1 N–H and O–H groups in total. The summed E-state index contributed by atoms with van der Waals surface area (Å²) in [5.41, 5.74) is 4.09. The minimum absolute atomic E-state index is 0.0882. The monoisotopic (exact) mass is 395 g/mol. The zero-order valence-electron chi connectivity index (χ0n) is 17.6. The van der Waals surface area contributed by atoms with E-state index in [0.717, 1.165) is 48.1 Å². The minimum atomic E-state index is -0.0882. The van der Waals surface area contributed by atoms with Gasteiger partial charge in [0.1, 0.15) is 11.6 Å². The third kappa shape index (κ3) is 4.34. The van der Waals surface area contributed by atoms with Crippen molar-refractivity contribution in [3.63, 3.8) is 0 Å². The quantitative estimate of drug-likeness (QED) is 0.845. The highest BCUT2D eigenvalue weighted by Gasteiger charge is 2.30. The van der Waals surface area contributed by atoms with Crippen LogP contribution in [0.4, 0.5) is 16.3 Å². The second-order valence-electron chi connectivity index (χ2n) is 8.15. The van der Waals surface area contributed by atoms with Gasteiger partial charge in [-0.15, -0.1) is 0 Å². The van der Waals surface area contributed by atoms with E-state index < -0.39 is 0 Å². The van der Waals surface area contributed by atoms with Gasteiger partial charge in [-0.25, -0.2) is 14.8 Å². The molecule has 0 saturated carbocycles. The standard InChI is InChI=1S/C22H29N5O2/c1-14-5-7-18(8-6-14)25-22(28)26-10-9-20-19(13-26)21(24-17(4)23-20)27-11-15(2)29-16(3)12-27/h5-8,15-16H,9-13H2,1-4H3,(H,25,28)/t15-,16+. The summed E-state index contributed by atoms with van der Waals surface area (Å²) in [6.07, 6.45) is 1.03. The number of fused-ring (bicyclic) bond motifs is 1. The van der Waals surface area contributed by atoms with Gasteiger partial charge in [0, 0.05) is 37.3 Å². The van der Waals surface area contributed by atoms with Crippen LogP contribution in [0.15, 0.2) is 24.3 Å². The Morgan fingerprint density at radius 1 is 1.10 bits per heavy atom. The number of morpholine rings is 1. The van der Waals surface area contributed by atoms with Gasteiger partial charge in [-0.2, -0.15) is 0 Å². The van der Waals surface area contributed by atoms with E-state index in [-0.39, 0.29) is 18.2 Å². The number of carbonyl (C=O) groups is 1. The van der Waals surface area contributed by atoms with Crippen LogP contribution in [0.1, 0.15) is 36.5 Å². The maximum absolute atomic E-state index is 12.9. The van der Waals surface area contributed by atoms with E-state index in [1.807, 2.05) is 43.0 Å². The minimum Gasteiger partial charge on any atom is -0.372 e. The number of amides is 2. The maximum atomic E-state index is 12.9. The lowest BCUT2D eigenvalue weighted by Gasteiger charge is -2.38. The Labute approximate surface area is 172 Å². The van der Waals surface area contributed by atoms with E-state index >= 15 is 0 Å². The van der Waals surface area contributed by atoms with E-state index in [1.165, 1.54) is 5.56 Å². The molecule has 1 saturated heterocycles. The normalized spacial score (nSPS) is 21.7. The first kappa shape index (κ1) is 19.6. The number of nitrogens with zero attached hydrogens (tertiary/aromatic N) is 4. The Bertz CT molecular complexity index is 889. The number of urea groups is 1. The van der Waals surface area contributed by atoms with E-state index in [4.69, 9.17) is 9.72 Å². The molecule has 7 nitrogen and oxygen atoms in total. The summed E-state index contributed by atoms with van der Waals surface area (Å²) in [6, 6.07) is 7.77.